The first-order chi connectivity index (χ1) is 15.8. The number of aromatic nitrogens is 2. The number of rotatable bonds is 6. The summed E-state index contributed by atoms with van der Waals surface area (Å²) in [6, 6.07) is 5.11. The van der Waals surface area contributed by atoms with Crippen molar-refractivity contribution in [3.05, 3.63) is 52.6 Å². The van der Waals surface area contributed by atoms with Gasteiger partial charge in [0.15, 0.2) is 14.9 Å². The monoisotopic (exact) mass is 487 g/mol. The highest BCUT2D eigenvalue weighted by Gasteiger charge is 2.37. The van der Waals surface area contributed by atoms with E-state index >= 15 is 0 Å². The lowest BCUT2D eigenvalue weighted by molar-refractivity contribution is -0.133. The van der Waals surface area contributed by atoms with Crippen LogP contribution in [0.15, 0.2) is 35.6 Å². The van der Waals surface area contributed by atoms with Crippen LogP contribution in [0.5, 0.6) is 0 Å². The molecule has 2 saturated heterocycles. The van der Waals surface area contributed by atoms with Crippen molar-refractivity contribution in [2.24, 2.45) is 5.92 Å². The average Bonchev–Trinajstić information content (AvgIpc) is 3.19. The number of piperidine rings is 1. The molecule has 10 heteroatoms. The van der Waals surface area contributed by atoms with Crippen molar-refractivity contribution in [3.63, 3.8) is 0 Å². The lowest BCUT2D eigenvalue weighted by atomic mass is 9.99. The van der Waals surface area contributed by atoms with Crippen molar-refractivity contribution < 1.29 is 13.2 Å². The zero-order valence-electron chi connectivity index (χ0n) is 18.4. The van der Waals surface area contributed by atoms with Gasteiger partial charge in [-0.3, -0.25) is 4.79 Å². The molecule has 4 rings (SSSR count). The zero-order chi connectivity index (χ0) is 23.6. The van der Waals surface area contributed by atoms with Crippen molar-refractivity contribution >= 4 is 38.9 Å². The maximum absolute atomic E-state index is 13.1. The van der Waals surface area contributed by atoms with Crippen LogP contribution in [0.25, 0.3) is 4.85 Å². The Morgan fingerprint density at radius 1 is 1.15 bits per heavy atom. The maximum atomic E-state index is 13.1. The summed E-state index contributed by atoms with van der Waals surface area (Å²) in [5.41, 5.74) is 1.32. The second kappa shape index (κ2) is 9.65. The van der Waals surface area contributed by atoms with E-state index in [-0.39, 0.29) is 28.6 Å². The number of hydrogen-bond donors (Lipinski definition) is 0. The molecule has 0 spiro atoms. The average molecular weight is 488 g/mol. The minimum absolute atomic E-state index is 0.0154. The molecule has 4 heterocycles. The second-order valence-electron chi connectivity index (χ2n) is 8.46. The van der Waals surface area contributed by atoms with Crippen molar-refractivity contribution in [3.8, 4) is 0 Å². The summed E-state index contributed by atoms with van der Waals surface area (Å²) in [4.78, 5) is 29.2. The molecule has 0 bridgehead atoms. The van der Waals surface area contributed by atoms with Gasteiger partial charge in [-0.1, -0.05) is 24.6 Å². The van der Waals surface area contributed by atoms with Gasteiger partial charge in [-0.15, -0.1) is 0 Å². The fourth-order valence-electron chi connectivity index (χ4n) is 4.60. The molecule has 0 N–H and O–H groups in total. The molecular weight excluding hydrogens is 462 g/mol. The molecule has 1 atom stereocenters. The molecule has 33 heavy (non-hydrogen) atoms. The van der Waals surface area contributed by atoms with Crippen LogP contribution in [0.3, 0.4) is 0 Å². The number of pyridine rings is 2. The normalized spacial score (nSPS) is 19.7. The summed E-state index contributed by atoms with van der Waals surface area (Å²) in [7, 11) is -3.33. The fraction of sp³-hybridized carbons (Fsp3) is 0.478. The van der Waals surface area contributed by atoms with Crippen molar-refractivity contribution in [2.45, 2.75) is 43.7 Å². The van der Waals surface area contributed by atoms with E-state index in [1.54, 1.807) is 31.5 Å². The fourth-order valence-corrected chi connectivity index (χ4v) is 5.54. The molecule has 8 nitrogen and oxygen atoms in total. The van der Waals surface area contributed by atoms with Crippen LogP contribution in [0.4, 0.5) is 11.5 Å². The Bertz CT molecular complexity index is 1170. The SMILES string of the molecule is [C-]#[N+]c1cc(Cl)cnc1N1CCC(N2CC[C@H](Cc3ccc(S(=O)(=O)CC)nc3)C2=O)CC1. The first-order valence-electron chi connectivity index (χ1n) is 11.1. The molecule has 2 aromatic heterocycles. The van der Waals surface area contributed by atoms with E-state index in [2.05, 4.69) is 19.7 Å². The van der Waals surface area contributed by atoms with Crippen LogP contribution in [-0.4, -0.2) is 60.6 Å². The highest BCUT2D eigenvalue weighted by Crippen LogP contribution is 2.33. The number of nitrogens with zero attached hydrogens (tertiary/aromatic N) is 5. The highest BCUT2D eigenvalue weighted by atomic mass is 35.5. The van der Waals surface area contributed by atoms with E-state index in [0.29, 0.717) is 22.9 Å². The van der Waals surface area contributed by atoms with Gasteiger partial charge in [0.1, 0.15) is 5.82 Å². The summed E-state index contributed by atoms with van der Waals surface area (Å²) in [5.74, 6) is 0.719. The number of amides is 1. The third-order valence-electron chi connectivity index (χ3n) is 6.47. The molecule has 2 aromatic rings. The quantitative estimate of drug-likeness (QED) is 0.579. The minimum Gasteiger partial charge on any atom is -0.365 e. The Hall–Kier alpha value is -2.70. The molecule has 0 radical (unpaired) electrons. The lowest BCUT2D eigenvalue weighted by Crippen LogP contribution is -2.46. The first-order valence-corrected chi connectivity index (χ1v) is 13.1. The van der Waals surface area contributed by atoms with Crippen LogP contribution in [0, 0.1) is 12.5 Å². The molecule has 1 amide bonds. The van der Waals surface area contributed by atoms with Crippen LogP contribution in [0.1, 0.15) is 31.7 Å². The number of carbonyl (C=O) groups excluding carboxylic acids is 1. The Labute approximate surface area is 199 Å². The van der Waals surface area contributed by atoms with Crippen LogP contribution >= 0.6 is 11.6 Å². The lowest BCUT2D eigenvalue weighted by Gasteiger charge is -2.37. The van der Waals surface area contributed by atoms with Gasteiger partial charge < -0.3 is 9.80 Å². The van der Waals surface area contributed by atoms with Gasteiger partial charge in [-0.25, -0.2) is 23.2 Å². The standard InChI is InChI=1S/C23H26ClN5O3S/c1-3-33(31,32)21-5-4-16(14-26-21)12-17-6-11-29(23(17)30)19-7-9-28(10-8-19)22-20(25-2)13-18(24)15-27-22/h4-5,13-15,17,19H,3,6-12H2,1H3/t17-/m1/s1. The summed E-state index contributed by atoms with van der Waals surface area (Å²) in [6.45, 7) is 11.2. The summed E-state index contributed by atoms with van der Waals surface area (Å²) >= 11 is 5.97. The van der Waals surface area contributed by atoms with Gasteiger partial charge in [-0.2, -0.15) is 0 Å². The van der Waals surface area contributed by atoms with Gasteiger partial charge >= 0.3 is 0 Å². The maximum Gasteiger partial charge on any atom is 0.229 e. The molecule has 0 unspecified atom stereocenters. The number of anilines is 1. The number of hydrogen-bond acceptors (Lipinski definition) is 6. The van der Waals surface area contributed by atoms with E-state index in [1.165, 1.54) is 6.07 Å². The number of halogens is 1. The smallest absolute Gasteiger partial charge is 0.229 e. The summed E-state index contributed by atoms with van der Waals surface area (Å²) in [6.07, 6.45) is 6.14. The third-order valence-corrected chi connectivity index (χ3v) is 8.31. The Morgan fingerprint density at radius 2 is 1.91 bits per heavy atom. The van der Waals surface area contributed by atoms with E-state index in [0.717, 1.165) is 44.5 Å². The molecule has 174 valence electrons. The molecule has 2 aliphatic rings. The predicted octanol–water partition coefficient (Wildman–Crippen LogP) is 3.53. The van der Waals surface area contributed by atoms with E-state index < -0.39 is 9.84 Å². The molecule has 0 saturated carbocycles. The van der Waals surface area contributed by atoms with Crippen LogP contribution in [-0.2, 0) is 21.1 Å². The topological polar surface area (TPSA) is 87.8 Å². The number of sulfone groups is 1. The Morgan fingerprint density at radius 3 is 2.55 bits per heavy atom. The largest absolute Gasteiger partial charge is 0.365 e. The molecule has 0 aliphatic carbocycles. The molecule has 2 fully saturated rings. The van der Waals surface area contributed by atoms with Crippen LogP contribution < -0.4 is 4.90 Å². The second-order valence-corrected chi connectivity index (χ2v) is 11.1. The van der Waals surface area contributed by atoms with E-state index in [4.69, 9.17) is 18.2 Å². The van der Waals surface area contributed by atoms with Gasteiger partial charge in [-0.05, 0) is 43.4 Å². The summed E-state index contributed by atoms with van der Waals surface area (Å²) < 4.78 is 23.9. The minimum atomic E-state index is -3.33. The van der Waals surface area contributed by atoms with E-state index in [9.17, 15) is 13.2 Å². The summed E-state index contributed by atoms with van der Waals surface area (Å²) in [5, 5.41) is 0.529. The van der Waals surface area contributed by atoms with Crippen molar-refractivity contribution in [1.29, 1.82) is 0 Å². The predicted molar refractivity (Wildman–Crippen MR) is 126 cm³/mol. The molecular formula is C23H26ClN5O3S. The number of likely N-dealkylation sites (tertiary alicyclic amines) is 1. The van der Waals surface area contributed by atoms with E-state index in [1.807, 2.05) is 4.90 Å². The van der Waals surface area contributed by atoms with Gasteiger partial charge in [0, 0.05) is 49.0 Å². The van der Waals surface area contributed by atoms with Gasteiger partial charge in [0.2, 0.25) is 11.6 Å². The highest BCUT2D eigenvalue weighted by molar-refractivity contribution is 7.91. The number of carbonyl (C=O) groups is 1. The Kier molecular flexibility index (Phi) is 6.86. The van der Waals surface area contributed by atoms with Crippen molar-refractivity contribution in [2.75, 3.05) is 30.3 Å². The van der Waals surface area contributed by atoms with Crippen LogP contribution in [0.2, 0.25) is 5.02 Å². The van der Waals surface area contributed by atoms with Crippen molar-refractivity contribution in [1.82, 2.24) is 14.9 Å². The Balaban J connectivity index is 1.35. The first kappa shape index (κ1) is 23.5. The van der Waals surface area contributed by atoms with Gasteiger partial charge in [0.25, 0.3) is 0 Å². The molecule has 2 aliphatic heterocycles. The zero-order valence-corrected chi connectivity index (χ0v) is 20.0. The van der Waals surface area contributed by atoms with Gasteiger partial charge in [0.05, 0.1) is 12.3 Å². The third kappa shape index (κ3) is 4.97. The molecule has 0 aromatic carbocycles.